The molecule has 0 spiro atoms. The molecule has 0 radical (unpaired) electrons. The number of benzene rings is 1. The zero-order valence-electron chi connectivity index (χ0n) is 15.2. The van der Waals surface area contributed by atoms with Gasteiger partial charge in [0.25, 0.3) is 0 Å². The highest BCUT2D eigenvalue weighted by molar-refractivity contribution is 5.90. The van der Waals surface area contributed by atoms with E-state index in [-0.39, 0.29) is 25.2 Å². The van der Waals surface area contributed by atoms with E-state index in [1.54, 1.807) is 0 Å². The van der Waals surface area contributed by atoms with Crippen LogP contribution in [-0.4, -0.2) is 52.4 Å². The fourth-order valence-corrected chi connectivity index (χ4v) is 2.93. The fourth-order valence-electron chi connectivity index (χ4n) is 2.93. The van der Waals surface area contributed by atoms with Crippen LogP contribution >= 0.6 is 0 Å². The Kier molecular flexibility index (Phi) is 7.34. The second kappa shape index (κ2) is 9.70. The van der Waals surface area contributed by atoms with Gasteiger partial charge in [-0.2, -0.15) is 0 Å². The summed E-state index contributed by atoms with van der Waals surface area (Å²) in [5.74, 6) is -1.90. The predicted octanol–water partition coefficient (Wildman–Crippen LogP) is 1.73. The maximum absolute atomic E-state index is 12.5. The van der Waals surface area contributed by atoms with E-state index in [9.17, 15) is 24.3 Å². The van der Waals surface area contributed by atoms with Crippen LogP contribution in [0.3, 0.4) is 0 Å². The van der Waals surface area contributed by atoms with E-state index in [1.165, 1.54) is 11.8 Å². The van der Waals surface area contributed by atoms with Crippen molar-refractivity contribution in [3.63, 3.8) is 0 Å². The van der Waals surface area contributed by atoms with E-state index in [4.69, 9.17) is 4.74 Å². The zero-order chi connectivity index (χ0) is 19.8. The summed E-state index contributed by atoms with van der Waals surface area (Å²) in [7, 11) is 0. The minimum Gasteiger partial charge on any atom is -0.480 e. The lowest BCUT2D eigenvalue weighted by atomic mass is 10.1. The number of aliphatic carboxylic acids is 1. The lowest BCUT2D eigenvalue weighted by molar-refractivity contribution is -0.142. The second-order valence-electron chi connectivity index (χ2n) is 6.53. The number of ketones is 1. The van der Waals surface area contributed by atoms with Gasteiger partial charge < -0.3 is 20.0 Å². The molecular weight excluding hydrogens is 352 g/mol. The Hall–Kier alpha value is -2.90. The Balaban J connectivity index is 1.92. The molecule has 146 valence electrons. The van der Waals surface area contributed by atoms with Crippen LogP contribution in [-0.2, 0) is 25.7 Å². The van der Waals surface area contributed by atoms with E-state index in [0.29, 0.717) is 19.4 Å². The van der Waals surface area contributed by atoms with Crippen molar-refractivity contribution in [1.29, 1.82) is 0 Å². The third-order valence-corrected chi connectivity index (χ3v) is 4.39. The first-order valence-corrected chi connectivity index (χ1v) is 8.88. The van der Waals surface area contributed by atoms with Gasteiger partial charge in [-0.25, -0.2) is 9.59 Å². The summed E-state index contributed by atoms with van der Waals surface area (Å²) in [6, 6.07) is 7.25. The number of rotatable bonds is 8. The smallest absolute Gasteiger partial charge is 0.410 e. The SMILES string of the molecule is CC(=O)CC[C@@H](NC(=O)[C@H]1CCCN1C(=O)OCc1ccccc1)C(=O)O. The molecule has 1 heterocycles. The number of carboxylic acid groups (broad SMARTS) is 1. The Morgan fingerprint density at radius 1 is 1.26 bits per heavy atom. The standard InChI is InChI=1S/C19H24N2O6/c1-13(22)9-10-15(18(24)25)20-17(23)16-8-5-11-21(16)19(26)27-12-14-6-3-2-4-7-14/h2-4,6-7,15-16H,5,8-12H2,1H3,(H,20,23)(H,24,25)/t15-,16-/m1/s1. The molecular formula is C19H24N2O6. The summed E-state index contributed by atoms with van der Waals surface area (Å²) in [5, 5.41) is 11.7. The van der Waals surface area contributed by atoms with Gasteiger partial charge >= 0.3 is 12.1 Å². The van der Waals surface area contributed by atoms with Gasteiger partial charge in [0.1, 0.15) is 24.5 Å². The molecule has 8 nitrogen and oxygen atoms in total. The van der Waals surface area contributed by atoms with Crippen molar-refractivity contribution in [2.45, 2.75) is 51.3 Å². The van der Waals surface area contributed by atoms with E-state index >= 15 is 0 Å². The van der Waals surface area contributed by atoms with Crippen LogP contribution in [0.4, 0.5) is 4.79 Å². The highest BCUT2D eigenvalue weighted by Gasteiger charge is 2.36. The van der Waals surface area contributed by atoms with Gasteiger partial charge in [-0.15, -0.1) is 0 Å². The third kappa shape index (κ3) is 6.09. The minimum atomic E-state index is -1.21. The van der Waals surface area contributed by atoms with Crippen LogP contribution in [0.1, 0.15) is 38.2 Å². The molecule has 1 aromatic rings. The summed E-state index contributed by atoms with van der Waals surface area (Å²) in [6.07, 6.45) is 0.536. The molecule has 8 heteroatoms. The van der Waals surface area contributed by atoms with Crippen LogP contribution in [0, 0.1) is 0 Å². The van der Waals surface area contributed by atoms with Gasteiger partial charge in [0.05, 0.1) is 0 Å². The zero-order valence-corrected chi connectivity index (χ0v) is 15.2. The van der Waals surface area contributed by atoms with E-state index in [1.807, 2.05) is 30.3 Å². The van der Waals surface area contributed by atoms with E-state index in [0.717, 1.165) is 5.56 Å². The largest absolute Gasteiger partial charge is 0.480 e. The Morgan fingerprint density at radius 2 is 1.96 bits per heavy atom. The quantitative estimate of drug-likeness (QED) is 0.714. The number of likely N-dealkylation sites (tertiary alicyclic amines) is 1. The number of nitrogens with one attached hydrogen (secondary N) is 1. The van der Waals surface area contributed by atoms with Crippen molar-refractivity contribution in [3.8, 4) is 0 Å². The third-order valence-electron chi connectivity index (χ3n) is 4.39. The van der Waals surface area contributed by atoms with Gasteiger partial charge in [0, 0.05) is 13.0 Å². The monoisotopic (exact) mass is 376 g/mol. The predicted molar refractivity (Wildman–Crippen MR) is 95.8 cm³/mol. The summed E-state index contributed by atoms with van der Waals surface area (Å²) >= 11 is 0. The van der Waals surface area contributed by atoms with Gasteiger partial charge in [0.2, 0.25) is 5.91 Å². The van der Waals surface area contributed by atoms with Gasteiger partial charge in [-0.1, -0.05) is 30.3 Å². The van der Waals surface area contributed by atoms with Crippen molar-refractivity contribution in [2.75, 3.05) is 6.54 Å². The molecule has 1 aliphatic rings. The summed E-state index contributed by atoms with van der Waals surface area (Å²) < 4.78 is 5.27. The number of carboxylic acids is 1. The molecule has 1 fully saturated rings. The molecule has 0 aromatic heterocycles. The molecule has 1 aromatic carbocycles. The normalized spacial score (nSPS) is 17.2. The molecule has 0 saturated carbocycles. The van der Waals surface area contributed by atoms with Crippen LogP contribution < -0.4 is 5.32 Å². The molecule has 2 amide bonds. The first-order valence-electron chi connectivity index (χ1n) is 8.88. The molecule has 27 heavy (non-hydrogen) atoms. The maximum Gasteiger partial charge on any atom is 0.410 e. The van der Waals surface area contributed by atoms with E-state index in [2.05, 4.69) is 5.32 Å². The van der Waals surface area contributed by atoms with Crippen molar-refractivity contribution < 1.29 is 29.0 Å². The van der Waals surface area contributed by atoms with Crippen LogP contribution in [0.5, 0.6) is 0 Å². The first kappa shape index (κ1) is 20.4. The highest BCUT2D eigenvalue weighted by atomic mass is 16.6. The molecule has 2 atom stereocenters. The van der Waals surface area contributed by atoms with Gasteiger partial charge in [-0.05, 0) is 31.7 Å². The highest BCUT2D eigenvalue weighted by Crippen LogP contribution is 2.19. The van der Waals surface area contributed by atoms with Crippen molar-refractivity contribution in [1.82, 2.24) is 10.2 Å². The van der Waals surface area contributed by atoms with Crippen molar-refractivity contribution in [3.05, 3.63) is 35.9 Å². The van der Waals surface area contributed by atoms with Crippen LogP contribution in [0.15, 0.2) is 30.3 Å². The average Bonchev–Trinajstić information content (AvgIpc) is 3.13. The molecule has 1 saturated heterocycles. The topological polar surface area (TPSA) is 113 Å². The number of nitrogens with zero attached hydrogens (tertiary/aromatic N) is 1. The maximum atomic E-state index is 12.5. The fraction of sp³-hybridized carbons (Fsp3) is 0.474. The molecule has 2 rings (SSSR count). The summed E-state index contributed by atoms with van der Waals surface area (Å²) in [6.45, 7) is 1.83. The molecule has 0 unspecified atom stereocenters. The molecule has 0 aliphatic carbocycles. The Labute approximate surface area is 157 Å². The summed E-state index contributed by atoms with van der Waals surface area (Å²) in [5.41, 5.74) is 0.834. The molecule has 0 bridgehead atoms. The average molecular weight is 376 g/mol. The van der Waals surface area contributed by atoms with Crippen LogP contribution in [0.2, 0.25) is 0 Å². The lowest BCUT2D eigenvalue weighted by Crippen LogP contribution is -2.51. The number of hydrogen-bond donors (Lipinski definition) is 2. The number of hydrogen-bond acceptors (Lipinski definition) is 5. The number of carbonyl (C=O) groups excluding carboxylic acids is 3. The number of Topliss-reactive ketones (excluding diaryl/α,β-unsaturated/α-hetero) is 1. The van der Waals surface area contributed by atoms with Crippen molar-refractivity contribution >= 4 is 23.8 Å². The second-order valence-corrected chi connectivity index (χ2v) is 6.53. The minimum absolute atomic E-state index is 0.0155. The summed E-state index contributed by atoms with van der Waals surface area (Å²) in [4.78, 5) is 48.5. The Bertz CT molecular complexity index is 691. The van der Waals surface area contributed by atoms with Gasteiger partial charge in [0.15, 0.2) is 0 Å². The molecule has 1 aliphatic heterocycles. The number of amides is 2. The van der Waals surface area contributed by atoms with Crippen molar-refractivity contribution in [2.24, 2.45) is 0 Å². The number of ether oxygens (including phenoxy) is 1. The molecule has 2 N–H and O–H groups in total. The lowest BCUT2D eigenvalue weighted by Gasteiger charge is -2.25. The Morgan fingerprint density at radius 3 is 2.59 bits per heavy atom. The van der Waals surface area contributed by atoms with Gasteiger partial charge in [-0.3, -0.25) is 9.69 Å². The van der Waals surface area contributed by atoms with Crippen LogP contribution in [0.25, 0.3) is 0 Å². The van der Waals surface area contributed by atoms with E-state index < -0.39 is 30.1 Å². The number of carbonyl (C=O) groups is 4. The first-order chi connectivity index (χ1) is 12.9.